The van der Waals surface area contributed by atoms with E-state index in [9.17, 15) is 4.79 Å². The van der Waals surface area contributed by atoms with Gasteiger partial charge in [-0.15, -0.1) is 0 Å². The van der Waals surface area contributed by atoms with Gasteiger partial charge in [-0.05, 0) is 38.5 Å². The lowest BCUT2D eigenvalue weighted by atomic mass is 10.1. The van der Waals surface area contributed by atoms with Crippen molar-refractivity contribution >= 4 is 5.91 Å². The highest BCUT2D eigenvalue weighted by atomic mass is 16.2. The summed E-state index contributed by atoms with van der Waals surface area (Å²) in [5, 5.41) is 0. The molecule has 1 aliphatic heterocycles. The smallest absolute Gasteiger partial charge is 0.230 e. The van der Waals surface area contributed by atoms with Gasteiger partial charge in [0, 0.05) is 13.1 Å². The molecule has 0 atom stereocenters. The molecule has 2 aliphatic rings. The molecule has 1 saturated carbocycles. The Morgan fingerprint density at radius 3 is 2.33 bits per heavy atom. The fourth-order valence-corrected chi connectivity index (χ4v) is 1.62. The number of carbonyl (C=O) groups excluding carboxylic acids is 1. The first-order valence-electron chi connectivity index (χ1n) is 4.39. The van der Waals surface area contributed by atoms with Gasteiger partial charge < -0.3 is 4.90 Å². The minimum Gasteiger partial charge on any atom is -0.342 e. The van der Waals surface area contributed by atoms with Crippen molar-refractivity contribution in [2.75, 3.05) is 13.1 Å². The fraction of sp³-hybridized carbons (Fsp3) is 0.400. The first kappa shape index (κ1) is 8.09. The normalized spacial score (nSPS) is 25.2. The van der Waals surface area contributed by atoms with Gasteiger partial charge in [0.1, 0.15) is 0 Å². The quantitative estimate of drug-likeness (QED) is 0.563. The third-order valence-electron chi connectivity index (χ3n) is 2.30. The molecule has 2 heteroatoms. The van der Waals surface area contributed by atoms with E-state index in [1.165, 1.54) is 0 Å². The second-order valence-electron chi connectivity index (χ2n) is 3.17. The Morgan fingerprint density at radius 2 is 1.75 bits per heavy atom. The van der Waals surface area contributed by atoms with Crippen LogP contribution in [0.1, 0.15) is 12.8 Å². The van der Waals surface area contributed by atoms with E-state index < -0.39 is 0 Å². The summed E-state index contributed by atoms with van der Waals surface area (Å²) in [6.07, 6.45) is 9.88. The van der Waals surface area contributed by atoms with Crippen molar-refractivity contribution in [2.45, 2.75) is 12.8 Å². The van der Waals surface area contributed by atoms with Gasteiger partial charge in [0.15, 0.2) is 0 Å². The predicted molar refractivity (Wildman–Crippen MR) is 46.3 cm³/mol. The van der Waals surface area contributed by atoms with Crippen LogP contribution in [0.5, 0.6) is 0 Å². The Labute approximate surface area is 73.9 Å². The van der Waals surface area contributed by atoms with Gasteiger partial charge >= 0.3 is 0 Å². The molecule has 12 heavy (non-hydrogen) atoms. The maximum absolute atomic E-state index is 11.6. The summed E-state index contributed by atoms with van der Waals surface area (Å²) >= 11 is 0. The van der Waals surface area contributed by atoms with Crippen molar-refractivity contribution in [1.29, 1.82) is 0 Å². The third kappa shape index (κ3) is 1.47. The molecule has 1 saturated heterocycles. The number of hydrogen-bond acceptors (Lipinski definition) is 1. The molecule has 63 valence electrons. The van der Waals surface area contributed by atoms with E-state index >= 15 is 0 Å². The van der Waals surface area contributed by atoms with Crippen LogP contribution in [-0.4, -0.2) is 23.9 Å². The third-order valence-corrected chi connectivity index (χ3v) is 2.30. The molecule has 2 rings (SSSR count). The van der Waals surface area contributed by atoms with Crippen LogP contribution in [0.15, 0.2) is 0 Å². The summed E-state index contributed by atoms with van der Waals surface area (Å²) in [5.74, 6) is 1.02. The lowest BCUT2D eigenvalue weighted by molar-refractivity contribution is -0.127. The maximum atomic E-state index is 11.6. The molecular weight excluding hydrogens is 150 g/mol. The fourth-order valence-electron chi connectivity index (χ4n) is 1.62. The van der Waals surface area contributed by atoms with Crippen molar-refractivity contribution in [1.82, 2.24) is 4.90 Å². The van der Waals surface area contributed by atoms with Gasteiger partial charge in [-0.1, -0.05) is 0 Å². The molecule has 0 aromatic carbocycles. The van der Waals surface area contributed by atoms with Gasteiger partial charge in [-0.25, -0.2) is 0 Å². The highest BCUT2D eigenvalue weighted by Gasteiger charge is 2.29. The average molecular weight is 162 g/mol. The Hall–Kier alpha value is -0.530. The predicted octanol–water partition coefficient (Wildman–Crippen LogP) is 1.01. The summed E-state index contributed by atoms with van der Waals surface area (Å²) in [4.78, 5) is 13.6. The number of hydrogen-bond donors (Lipinski definition) is 0. The molecule has 5 radical (unpaired) electrons. The van der Waals surface area contributed by atoms with Crippen LogP contribution in [-0.2, 0) is 4.79 Å². The van der Waals surface area contributed by atoms with E-state index in [4.69, 9.17) is 0 Å². The molecule has 0 spiro atoms. The lowest BCUT2D eigenvalue weighted by Gasteiger charge is -2.18. The monoisotopic (exact) mass is 162 g/mol. The molecule has 2 nitrogen and oxygen atoms in total. The van der Waals surface area contributed by atoms with E-state index in [2.05, 4.69) is 0 Å². The molecule has 1 heterocycles. The van der Waals surface area contributed by atoms with Gasteiger partial charge in [0.2, 0.25) is 5.91 Å². The Kier molecular flexibility index (Phi) is 2.33. The van der Waals surface area contributed by atoms with Crippen molar-refractivity contribution in [3.63, 3.8) is 0 Å². The molecule has 2 fully saturated rings. The zero-order valence-electron chi connectivity index (χ0n) is 6.99. The first-order chi connectivity index (χ1) is 5.88. The van der Waals surface area contributed by atoms with Gasteiger partial charge in [-0.3, -0.25) is 4.79 Å². The van der Waals surface area contributed by atoms with E-state index in [1.54, 1.807) is 0 Å². The van der Waals surface area contributed by atoms with E-state index in [0.29, 0.717) is 0 Å². The van der Waals surface area contributed by atoms with Gasteiger partial charge in [0.05, 0.1) is 5.92 Å². The Morgan fingerprint density at radius 1 is 1.17 bits per heavy atom. The summed E-state index contributed by atoms with van der Waals surface area (Å²) < 4.78 is 0. The van der Waals surface area contributed by atoms with Crippen LogP contribution in [0.25, 0.3) is 0 Å². The van der Waals surface area contributed by atoms with Crippen molar-refractivity contribution in [3.05, 3.63) is 31.6 Å². The van der Waals surface area contributed by atoms with Crippen LogP contribution in [0.4, 0.5) is 0 Å². The van der Waals surface area contributed by atoms with Crippen molar-refractivity contribution in [3.8, 4) is 0 Å². The van der Waals surface area contributed by atoms with Crippen molar-refractivity contribution in [2.24, 2.45) is 0 Å². The highest BCUT2D eigenvalue weighted by Crippen LogP contribution is 2.26. The summed E-state index contributed by atoms with van der Waals surface area (Å²) in [6.45, 7) is 1.87. The maximum Gasteiger partial charge on any atom is 0.230 e. The standard InChI is InChI=1S/C10H12NO/c12-10(9-5-1-2-6-9)11-7-3-4-8-11/h1-2,5-6H,3-4,7-8H2. The minimum absolute atomic E-state index is 0.192. The van der Waals surface area contributed by atoms with E-state index in [0.717, 1.165) is 31.8 Å². The lowest BCUT2D eigenvalue weighted by Crippen LogP contribution is -2.31. The molecule has 0 N–H and O–H groups in total. The molecule has 0 aromatic rings. The van der Waals surface area contributed by atoms with Crippen LogP contribution in [0, 0.1) is 31.6 Å². The molecule has 0 bridgehead atoms. The van der Waals surface area contributed by atoms with Crippen LogP contribution in [0.2, 0.25) is 0 Å². The number of carbonyl (C=O) groups is 1. The second kappa shape index (κ2) is 3.46. The van der Waals surface area contributed by atoms with Crippen LogP contribution >= 0.6 is 0 Å². The number of likely N-dealkylation sites (tertiary alicyclic amines) is 1. The van der Waals surface area contributed by atoms with E-state index in [-0.39, 0.29) is 5.91 Å². The zero-order valence-corrected chi connectivity index (χ0v) is 6.99. The number of nitrogens with zero attached hydrogens (tertiary/aromatic N) is 1. The largest absolute Gasteiger partial charge is 0.342 e. The SMILES string of the molecule is O=C([C]1[CH][CH][CH][CH]1)N1CCCC1. The minimum atomic E-state index is 0.192. The Balaban J connectivity index is 1.89. The molecular formula is C10H12NO. The number of rotatable bonds is 1. The molecule has 0 aromatic heterocycles. The first-order valence-corrected chi connectivity index (χ1v) is 4.39. The van der Waals surface area contributed by atoms with Crippen molar-refractivity contribution < 1.29 is 4.79 Å². The second-order valence-corrected chi connectivity index (χ2v) is 3.17. The highest BCUT2D eigenvalue weighted by molar-refractivity contribution is 5.95. The number of amides is 1. The molecule has 1 amide bonds. The van der Waals surface area contributed by atoms with E-state index in [1.807, 2.05) is 30.6 Å². The molecule has 1 aliphatic carbocycles. The average Bonchev–Trinajstić information content (AvgIpc) is 2.77. The zero-order chi connectivity index (χ0) is 8.39. The van der Waals surface area contributed by atoms with Gasteiger partial charge in [0.25, 0.3) is 0 Å². The van der Waals surface area contributed by atoms with Crippen LogP contribution in [0.3, 0.4) is 0 Å². The summed E-state index contributed by atoms with van der Waals surface area (Å²) in [7, 11) is 0. The molecule has 0 unspecified atom stereocenters. The topological polar surface area (TPSA) is 20.3 Å². The Bertz CT molecular complexity index is 149. The van der Waals surface area contributed by atoms with Crippen LogP contribution < -0.4 is 0 Å². The summed E-state index contributed by atoms with van der Waals surface area (Å²) in [6, 6.07) is 0. The van der Waals surface area contributed by atoms with Gasteiger partial charge in [-0.2, -0.15) is 0 Å². The summed E-state index contributed by atoms with van der Waals surface area (Å²) in [5.41, 5.74) is 0.